The summed E-state index contributed by atoms with van der Waals surface area (Å²) in [6.07, 6.45) is 1.79. The smallest absolute Gasteiger partial charge is 0.216 e. The van der Waals surface area contributed by atoms with Crippen LogP contribution in [0.2, 0.25) is 0 Å². The minimum absolute atomic E-state index is 0. The molecule has 5 aromatic heterocycles. The summed E-state index contributed by atoms with van der Waals surface area (Å²) in [6, 6.07) is 46.3. The normalized spacial score (nSPS) is 11.0. The van der Waals surface area contributed by atoms with E-state index < -0.39 is 0 Å². The molecule has 9 rings (SSSR count). The van der Waals surface area contributed by atoms with E-state index in [-0.39, 0.29) is 20.1 Å². The summed E-state index contributed by atoms with van der Waals surface area (Å²) in [5, 5.41) is 11.8. The Morgan fingerprint density at radius 3 is 2.33 bits per heavy atom. The van der Waals surface area contributed by atoms with E-state index in [2.05, 4.69) is 55.1 Å². The van der Waals surface area contributed by atoms with Gasteiger partial charge in [0, 0.05) is 48.5 Å². The van der Waals surface area contributed by atoms with E-state index in [1.54, 1.807) is 6.20 Å². The van der Waals surface area contributed by atoms with E-state index in [1.165, 1.54) is 0 Å². The summed E-state index contributed by atoms with van der Waals surface area (Å²) in [4.78, 5) is 13.7. The summed E-state index contributed by atoms with van der Waals surface area (Å²) < 4.78 is 8.38. The fraction of sp³-hybridized carbons (Fsp3) is 0.0263. The monoisotopic (exact) mass is 773 g/mol. The Kier molecular flexibility index (Phi) is 7.89. The summed E-state index contributed by atoms with van der Waals surface area (Å²) in [5.41, 5.74) is 8.26. The quantitative estimate of drug-likeness (QED) is 0.168. The molecule has 0 aliphatic heterocycles. The van der Waals surface area contributed by atoms with E-state index in [0.717, 1.165) is 55.4 Å². The molecule has 0 bridgehead atoms. The molecule has 223 valence electrons. The number of hydrogen-bond acceptors (Lipinski definition) is 6. The first-order chi connectivity index (χ1) is 22.2. The molecule has 46 heavy (non-hydrogen) atoms. The van der Waals surface area contributed by atoms with Gasteiger partial charge in [0.05, 0.1) is 22.4 Å². The van der Waals surface area contributed by atoms with Crippen LogP contribution in [0.3, 0.4) is 0 Å². The van der Waals surface area contributed by atoms with Crippen LogP contribution in [-0.4, -0.2) is 29.7 Å². The second-order valence-corrected chi connectivity index (χ2v) is 10.5. The first kappa shape index (κ1) is 29.2. The van der Waals surface area contributed by atoms with Gasteiger partial charge in [-0.05, 0) is 49.0 Å². The fourth-order valence-corrected chi connectivity index (χ4v) is 5.53. The number of imidazole rings is 1. The van der Waals surface area contributed by atoms with E-state index in [1.807, 2.05) is 110 Å². The maximum absolute atomic E-state index is 6.26. The number of aromatic nitrogens is 6. The number of nitrogens with zero attached hydrogens (tertiary/aromatic N) is 6. The summed E-state index contributed by atoms with van der Waals surface area (Å²) in [5.74, 6) is 0.697. The molecule has 0 spiro atoms. The summed E-state index contributed by atoms with van der Waals surface area (Å²) >= 11 is 0. The van der Waals surface area contributed by atoms with E-state index in [4.69, 9.17) is 9.40 Å². The first-order valence-electron chi connectivity index (χ1n) is 14.5. The Morgan fingerprint density at radius 1 is 0.674 bits per heavy atom. The zero-order valence-electron chi connectivity index (χ0n) is 24.5. The fourth-order valence-electron chi connectivity index (χ4n) is 5.53. The first-order valence-corrected chi connectivity index (χ1v) is 14.5. The van der Waals surface area contributed by atoms with Crippen molar-refractivity contribution in [1.29, 1.82) is 0 Å². The number of aryl methyl sites for hydroxylation is 1. The van der Waals surface area contributed by atoms with Gasteiger partial charge < -0.3 is 14.0 Å². The van der Waals surface area contributed by atoms with Gasteiger partial charge in [-0.3, -0.25) is 4.98 Å². The Labute approximate surface area is 278 Å². The topological polar surface area (TPSA) is 82.5 Å². The zero-order chi connectivity index (χ0) is 30.2. The Hall–Kier alpha value is -5.56. The molecule has 0 unspecified atom stereocenters. The molecule has 0 fully saturated rings. The van der Waals surface area contributed by atoms with Crippen molar-refractivity contribution < 1.29 is 24.5 Å². The van der Waals surface area contributed by atoms with Crippen LogP contribution in [0.25, 0.3) is 72.5 Å². The standard InChI is InChI=1S/C27H16N5O.C11H8N.Ir/c1-16-14-15-19-18-11-7-12-21(24(18)33-27(19)28-16)26-29-25-23(32(26)17-8-3-2-4-9-17)20-10-5-6-13-22(20)30-31-25;1-2-6-10(7-3-1)11-8-4-5-9-12-11;/h2-11,13-15H,1H3;1-6,8-9H;/q2*-1;. The van der Waals surface area contributed by atoms with Gasteiger partial charge in [-0.1, -0.05) is 59.5 Å². The average molecular weight is 773 g/mol. The molecule has 7 nitrogen and oxygen atoms in total. The summed E-state index contributed by atoms with van der Waals surface area (Å²) in [6.45, 7) is 1.96. The Bertz CT molecular complexity index is 2400. The van der Waals surface area contributed by atoms with E-state index in [9.17, 15) is 0 Å². The largest absolute Gasteiger partial charge is 0.486 e. The minimum Gasteiger partial charge on any atom is -0.486 e. The average Bonchev–Trinajstić information content (AvgIpc) is 3.68. The molecule has 0 saturated heterocycles. The third kappa shape index (κ3) is 5.24. The maximum atomic E-state index is 6.26. The number of para-hydroxylation sites is 1. The van der Waals surface area contributed by atoms with Crippen LogP contribution in [-0.2, 0) is 20.1 Å². The number of fused-ring (bicyclic) bond motifs is 6. The number of benzene rings is 4. The predicted molar refractivity (Wildman–Crippen MR) is 177 cm³/mol. The van der Waals surface area contributed by atoms with Crippen LogP contribution in [0.5, 0.6) is 0 Å². The van der Waals surface area contributed by atoms with E-state index >= 15 is 0 Å². The van der Waals surface area contributed by atoms with Gasteiger partial charge in [-0.2, -0.15) is 0 Å². The van der Waals surface area contributed by atoms with Gasteiger partial charge in [0.1, 0.15) is 0 Å². The molecular weight excluding hydrogens is 749 g/mol. The molecule has 0 saturated carbocycles. The number of hydrogen-bond donors (Lipinski definition) is 0. The molecule has 8 heteroatoms. The van der Waals surface area contributed by atoms with Gasteiger partial charge in [0.2, 0.25) is 5.71 Å². The predicted octanol–water partition coefficient (Wildman–Crippen LogP) is 8.59. The maximum Gasteiger partial charge on any atom is 0.216 e. The van der Waals surface area contributed by atoms with Crippen LogP contribution < -0.4 is 0 Å². The number of pyridine rings is 2. The number of rotatable bonds is 3. The molecule has 1 radical (unpaired) electrons. The number of furan rings is 1. The van der Waals surface area contributed by atoms with Crippen molar-refractivity contribution in [3.63, 3.8) is 0 Å². The molecule has 0 N–H and O–H groups in total. The molecule has 0 amide bonds. The molecule has 5 heterocycles. The molecule has 0 aliphatic carbocycles. The SMILES string of the molecule is Cc1ccc2c(n1)oc1c(-c3nc4nnc5ccccc5c4n3-c3ccccc3)[c-]ccc12.[Ir].[c-]1ccccc1-c1ccccn1. The van der Waals surface area contributed by atoms with Crippen LogP contribution in [0.4, 0.5) is 0 Å². The summed E-state index contributed by atoms with van der Waals surface area (Å²) in [7, 11) is 0. The third-order valence-corrected chi connectivity index (χ3v) is 7.60. The van der Waals surface area contributed by atoms with Crippen molar-refractivity contribution in [2.45, 2.75) is 6.92 Å². The van der Waals surface area contributed by atoms with Gasteiger partial charge in [-0.15, -0.1) is 64.3 Å². The van der Waals surface area contributed by atoms with Crippen molar-refractivity contribution in [2.24, 2.45) is 0 Å². The van der Waals surface area contributed by atoms with Crippen molar-refractivity contribution in [3.05, 3.63) is 145 Å². The van der Waals surface area contributed by atoms with Crippen molar-refractivity contribution in [1.82, 2.24) is 29.7 Å². The van der Waals surface area contributed by atoms with Crippen LogP contribution >= 0.6 is 0 Å². The van der Waals surface area contributed by atoms with Gasteiger partial charge in [-0.25, -0.2) is 4.98 Å². The van der Waals surface area contributed by atoms with Crippen molar-refractivity contribution in [2.75, 3.05) is 0 Å². The molecule has 9 aromatic rings. The Balaban J connectivity index is 0.000000220. The minimum atomic E-state index is 0. The van der Waals surface area contributed by atoms with Crippen molar-refractivity contribution in [3.8, 4) is 28.3 Å². The van der Waals surface area contributed by atoms with Crippen LogP contribution in [0.15, 0.2) is 132 Å². The second-order valence-electron chi connectivity index (χ2n) is 10.5. The van der Waals surface area contributed by atoms with Gasteiger partial charge in [0.25, 0.3) is 0 Å². The molecule has 4 aromatic carbocycles. The Morgan fingerprint density at radius 2 is 1.50 bits per heavy atom. The second kappa shape index (κ2) is 12.4. The van der Waals surface area contributed by atoms with Crippen LogP contribution in [0.1, 0.15) is 5.69 Å². The molecule has 0 aliphatic rings. The van der Waals surface area contributed by atoms with E-state index in [0.29, 0.717) is 22.8 Å². The van der Waals surface area contributed by atoms with Gasteiger partial charge >= 0.3 is 0 Å². The molecule has 0 atom stereocenters. The van der Waals surface area contributed by atoms with Crippen LogP contribution in [0, 0.1) is 19.1 Å². The zero-order valence-corrected chi connectivity index (χ0v) is 26.9. The van der Waals surface area contributed by atoms with Gasteiger partial charge in [0.15, 0.2) is 5.65 Å². The van der Waals surface area contributed by atoms with Crippen molar-refractivity contribution >= 4 is 44.1 Å². The molecular formula is C38H24IrN6O-2. The third-order valence-electron chi connectivity index (χ3n) is 7.60.